The van der Waals surface area contributed by atoms with Gasteiger partial charge in [0, 0.05) is 0 Å². The molecule has 1 aliphatic rings. The van der Waals surface area contributed by atoms with Crippen molar-refractivity contribution < 1.29 is 28.6 Å². The average molecular weight is 145 g/mol. The first-order valence-corrected chi connectivity index (χ1v) is 2.61. The van der Waals surface area contributed by atoms with Gasteiger partial charge in [0.15, 0.2) is 0 Å². The number of hydrogen-bond acceptors (Lipinski definition) is 6. The summed E-state index contributed by atoms with van der Waals surface area (Å²) < 4.78 is 18.1. The Bertz CT molecular complexity index is 91.0. The third kappa shape index (κ3) is 2.69. The maximum absolute atomic E-state index is 8.24. The highest BCUT2D eigenvalue weighted by molar-refractivity contribution is 6.57. The summed E-state index contributed by atoms with van der Waals surface area (Å²) in [6.07, 6.45) is 0. The zero-order valence-electron chi connectivity index (χ0n) is 5.10. The third-order valence-corrected chi connectivity index (χ3v) is 0.808. The molecule has 2 N–H and O–H groups in total. The monoisotopic (exact) mass is 146 g/mol. The summed E-state index contributed by atoms with van der Waals surface area (Å²) in [5, 5.41) is 16.5. The van der Waals surface area contributed by atoms with Gasteiger partial charge in [-0.05, 0) is 0 Å². The van der Waals surface area contributed by atoms with Crippen molar-refractivity contribution in [3.05, 3.63) is 0 Å². The van der Waals surface area contributed by atoms with Crippen molar-refractivity contribution in [1.29, 1.82) is 0 Å². The molecule has 0 aromatic carbocycles. The number of hydrogen-bond donors (Lipinski definition) is 2. The van der Waals surface area contributed by atoms with E-state index in [1.54, 1.807) is 0 Å². The van der Waals surface area contributed by atoms with Crippen molar-refractivity contribution in [3.8, 4) is 0 Å². The summed E-state index contributed by atoms with van der Waals surface area (Å²) in [5.74, 6) is 0. The van der Waals surface area contributed by atoms with Crippen molar-refractivity contribution in [3.63, 3.8) is 0 Å². The van der Waals surface area contributed by atoms with Crippen LogP contribution < -0.4 is 0 Å². The van der Waals surface area contributed by atoms with E-state index in [-0.39, 0.29) is 15.4 Å². The Morgan fingerprint density at radius 1 is 1.30 bits per heavy atom. The Morgan fingerprint density at radius 2 is 1.90 bits per heavy atom. The minimum absolute atomic E-state index is 0.0252. The minimum Gasteiger partial charge on any atom is -0.458 e. The van der Waals surface area contributed by atoms with Crippen LogP contribution in [0.25, 0.3) is 0 Å². The second-order valence-electron chi connectivity index (χ2n) is 1.52. The summed E-state index contributed by atoms with van der Waals surface area (Å²) in [7, 11) is -0.997. The lowest BCUT2D eigenvalue weighted by Crippen LogP contribution is -2.40. The third-order valence-electron chi connectivity index (χ3n) is 0.808. The SMILES string of the molecule is OC(O)OB1OBOBO1. The molecule has 9 heteroatoms. The van der Waals surface area contributed by atoms with Crippen molar-refractivity contribution >= 4 is 22.7 Å². The molecule has 1 aliphatic heterocycles. The molecule has 10 heavy (non-hydrogen) atoms. The van der Waals surface area contributed by atoms with E-state index in [0.29, 0.717) is 0 Å². The molecule has 0 aromatic rings. The average Bonchev–Trinajstić information content (AvgIpc) is 1.88. The normalized spacial score (nSPS) is 18.5. The van der Waals surface area contributed by atoms with Gasteiger partial charge in [0.2, 0.25) is 0 Å². The predicted octanol–water partition coefficient (Wildman–Crippen LogP) is -3.15. The molecule has 0 atom stereocenters. The molecular weight excluding hydrogens is 140 g/mol. The fourth-order valence-corrected chi connectivity index (χ4v) is 0.467. The molecule has 0 unspecified atom stereocenters. The number of aliphatic hydroxyl groups is 2. The van der Waals surface area contributed by atoms with Gasteiger partial charge in [0.25, 0.3) is 6.48 Å². The fraction of sp³-hybridized carbons (Fsp3) is 1.00. The summed E-state index contributed by atoms with van der Waals surface area (Å²) in [6.45, 7) is -1.89. The predicted molar refractivity (Wildman–Crippen MR) is 32.6 cm³/mol. The van der Waals surface area contributed by atoms with Gasteiger partial charge in [-0.2, -0.15) is 0 Å². The maximum Gasteiger partial charge on any atom is 0.614 e. The molecule has 0 bridgehead atoms. The van der Waals surface area contributed by atoms with Gasteiger partial charge >= 0.3 is 22.7 Å². The van der Waals surface area contributed by atoms with E-state index >= 15 is 0 Å². The lowest BCUT2D eigenvalue weighted by Gasteiger charge is -2.18. The largest absolute Gasteiger partial charge is 0.614 e. The summed E-state index contributed by atoms with van der Waals surface area (Å²) >= 11 is 0. The second-order valence-corrected chi connectivity index (χ2v) is 1.52. The molecule has 54 valence electrons. The van der Waals surface area contributed by atoms with Crippen molar-refractivity contribution in [2.45, 2.75) is 6.48 Å². The van der Waals surface area contributed by atoms with Crippen LogP contribution in [-0.4, -0.2) is 39.4 Å². The zero-order chi connectivity index (χ0) is 7.40. The highest BCUT2D eigenvalue weighted by Gasteiger charge is 2.28. The molecule has 0 aromatic heterocycles. The first-order valence-electron chi connectivity index (χ1n) is 2.61. The van der Waals surface area contributed by atoms with Crippen molar-refractivity contribution in [1.82, 2.24) is 0 Å². The topological polar surface area (TPSA) is 77.4 Å². The van der Waals surface area contributed by atoms with Crippen LogP contribution in [0, 0.1) is 0 Å². The van der Waals surface area contributed by atoms with Crippen LogP contribution in [0.1, 0.15) is 0 Å². The summed E-state index contributed by atoms with van der Waals surface area (Å²) in [4.78, 5) is 0. The molecular formula is CH5B3O6. The standard InChI is InChI=1S/CH5B3O6/c5-1(6)7-4-9-2-8-3-10-4/h1-3,5-6H. The van der Waals surface area contributed by atoms with Crippen LogP contribution >= 0.6 is 0 Å². The van der Waals surface area contributed by atoms with Gasteiger partial charge in [-0.3, -0.25) is 0 Å². The van der Waals surface area contributed by atoms with Crippen LogP contribution in [0.5, 0.6) is 0 Å². The van der Waals surface area contributed by atoms with E-state index in [1.165, 1.54) is 0 Å². The highest BCUT2D eigenvalue weighted by atomic mass is 16.8. The van der Waals surface area contributed by atoms with Crippen LogP contribution in [0.3, 0.4) is 0 Å². The number of rotatable bonds is 2. The molecule has 1 rings (SSSR count). The molecule has 0 saturated carbocycles. The highest BCUT2D eigenvalue weighted by Crippen LogP contribution is 1.97. The quantitative estimate of drug-likeness (QED) is 0.316. The van der Waals surface area contributed by atoms with E-state index in [4.69, 9.17) is 10.2 Å². The Morgan fingerprint density at radius 3 is 2.40 bits per heavy atom. The van der Waals surface area contributed by atoms with Crippen LogP contribution in [0.4, 0.5) is 0 Å². The van der Waals surface area contributed by atoms with Crippen LogP contribution in [-0.2, 0) is 18.4 Å². The van der Waals surface area contributed by atoms with Gasteiger partial charge in [0.1, 0.15) is 0 Å². The van der Waals surface area contributed by atoms with Gasteiger partial charge in [-0.25, -0.2) is 0 Å². The summed E-state index contributed by atoms with van der Waals surface area (Å²) in [5.41, 5.74) is 0. The fourth-order valence-electron chi connectivity index (χ4n) is 0.467. The van der Waals surface area contributed by atoms with Gasteiger partial charge in [-0.1, -0.05) is 0 Å². The summed E-state index contributed by atoms with van der Waals surface area (Å²) in [6, 6.07) is 0. The lowest BCUT2D eigenvalue weighted by molar-refractivity contribution is -0.195. The minimum atomic E-state index is -1.89. The van der Waals surface area contributed by atoms with Crippen LogP contribution in [0.15, 0.2) is 0 Å². The van der Waals surface area contributed by atoms with E-state index < -0.39 is 13.8 Å². The molecule has 0 amide bonds. The second kappa shape index (κ2) is 3.96. The van der Waals surface area contributed by atoms with Gasteiger partial charge in [0.05, 0.1) is 0 Å². The Hall–Kier alpha value is -0.0452. The molecule has 1 saturated heterocycles. The Labute approximate surface area is 58.8 Å². The smallest absolute Gasteiger partial charge is 0.458 e. The number of aliphatic hydroxyl groups excluding tert-OH is 1. The lowest BCUT2D eigenvalue weighted by atomic mass is 10.1. The van der Waals surface area contributed by atoms with Crippen molar-refractivity contribution in [2.75, 3.05) is 0 Å². The first kappa shape index (κ1) is 8.06. The Balaban J connectivity index is 2.13. The van der Waals surface area contributed by atoms with E-state index in [0.717, 1.165) is 0 Å². The molecule has 1 heterocycles. The van der Waals surface area contributed by atoms with E-state index in [1.807, 2.05) is 0 Å². The molecule has 1 fully saturated rings. The molecule has 6 nitrogen and oxygen atoms in total. The molecule has 0 spiro atoms. The van der Waals surface area contributed by atoms with E-state index in [2.05, 4.69) is 18.4 Å². The maximum atomic E-state index is 8.24. The molecule has 0 aliphatic carbocycles. The van der Waals surface area contributed by atoms with Gasteiger partial charge < -0.3 is 28.6 Å². The van der Waals surface area contributed by atoms with Crippen molar-refractivity contribution in [2.24, 2.45) is 0 Å². The van der Waals surface area contributed by atoms with Crippen LogP contribution in [0.2, 0.25) is 0 Å². The zero-order valence-corrected chi connectivity index (χ0v) is 5.10. The van der Waals surface area contributed by atoms with Gasteiger partial charge in [-0.15, -0.1) is 0 Å². The van der Waals surface area contributed by atoms with E-state index in [9.17, 15) is 0 Å². The Kier molecular flexibility index (Phi) is 3.19. The molecule has 0 radical (unpaired) electrons. The first-order chi connectivity index (χ1) is 4.79.